The Hall–Kier alpha value is -7.68. The maximum absolute atomic E-state index is 5.32. The van der Waals surface area contributed by atoms with Gasteiger partial charge in [-0.2, -0.15) is 35.8 Å². The van der Waals surface area contributed by atoms with E-state index in [0.29, 0.717) is 57.2 Å². The Balaban J connectivity index is 0.00000109. The Morgan fingerprint density at radius 2 is 0.541 bits per heavy atom. The van der Waals surface area contributed by atoms with Gasteiger partial charge in [0.25, 0.3) is 0 Å². The number of hydrogen-bond donors (Lipinski definition) is 0. The zero-order valence-electron chi connectivity index (χ0n) is 33.8. The average molecular weight is 857 g/mol. The first-order valence-corrected chi connectivity index (χ1v) is 18.3. The fourth-order valence-electron chi connectivity index (χ4n) is 5.14. The summed E-state index contributed by atoms with van der Waals surface area (Å²) in [7, 11) is 7.94. The first-order chi connectivity index (χ1) is 29.5. The van der Waals surface area contributed by atoms with Gasteiger partial charge in [-0.05, 0) is 133 Å². The molecule has 0 N–H and O–H groups in total. The number of ether oxygens (including phenoxy) is 5. The molecule has 0 heterocycles. The van der Waals surface area contributed by atoms with Crippen LogP contribution in [0, 0.1) is 0 Å². The van der Waals surface area contributed by atoms with Crippen molar-refractivity contribution >= 4 is 56.9 Å². The zero-order valence-corrected chi connectivity index (χ0v) is 34.9. The van der Waals surface area contributed by atoms with Crippen LogP contribution < -0.4 is 23.7 Å². The third kappa shape index (κ3) is 12.7. The summed E-state index contributed by atoms with van der Waals surface area (Å²) in [5.74, 6) is 3.32. The zero-order chi connectivity index (χ0) is 41.9. The Morgan fingerprint density at radius 1 is 0.311 bits per heavy atom. The van der Waals surface area contributed by atoms with E-state index >= 15 is 0 Å². The second-order valence-corrected chi connectivity index (χ2v) is 12.2. The van der Waals surface area contributed by atoms with Crippen LogP contribution in [0.1, 0.15) is 0 Å². The first kappa shape index (κ1) is 44.4. The molecule has 0 radical (unpaired) electrons. The molecule has 0 aliphatic carbocycles. The van der Waals surface area contributed by atoms with Crippen molar-refractivity contribution in [3.63, 3.8) is 0 Å². The van der Waals surface area contributed by atoms with Crippen molar-refractivity contribution in [1.82, 2.24) is 0 Å². The molecule has 0 atom stereocenters. The molecule has 0 aromatic heterocycles. The third-order valence-corrected chi connectivity index (χ3v) is 8.37. The summed E-state index contributed by atoms with van der Waals surface area (Å²) in [4.78, 5) is 0. The summed E-state index contributed by atoms with van der Waals surface area (Å²) in [6.45, 7) is 0. The summed E-state index contributed by atoms with van der Waals surface area (Å²) in [6, 6.07) is 45.4. The van der Waals surface area contributed by atoms with Crippen molar-refractivity contribution in [3.8, 4) is 28.7 Å². The molecule has 0 bridgehead atoms. The maximum Gasteiger partial charge on any atom is 0.119 e. The number of benzene rings is 5. The summed E-state index contributed by atoms with van der Waals surface area (Å²) in [5, 5.41) is 45.8. The fourth-order valence-corrected chi connectivity index (χ4v) is 5.14. The van der Waals surface area contributed by atoms with E-state index in [9.17, 15) is 0 Å². The van der Waals surface area contributed by atoms with E-state index in [1.165, 1.54) is 0 Å². The topological polar surface area (TPSA) is 170 Å². The smallest absolute Gasteiger partial charge is 0.119 e. The molecule has 7 aromatic carbocycles. The van der Waals surface area contributed by atoms with Gasteiger partial charge in [-0.3, -0.25) is 0 Å². The number of azo groups is 5. The maximum atomic E-state index is 5.32. The number of nitrogens with zero attached hydrogens (tertiary/aromatic N) is 10. The molecule has 0 amide bonds. The molecule has 0 spiro atoms. The molecular formula is C45H40FeN10O5-6. The molecule has 7 rings (SSSR count). The van der Waals surface area contributed by atoms with Crippen molar-refractivity contribution in [2.24, 2.45) is 51.1 Å². The monoisotopic (exact) mass is 856 g/mol. The van der Waals surface area contributed by atoms with E-state index < -0.39 is 0 Å². The van der Waals surface area contributed by atoms with Gasteiger partial charge in [0, 0.05) is 34.1 Å². The molecule has 61 heavy (non-hydrogen) atoms. The molecule has 15 nitrogen and oxygen atoms in total. The largest absolute Gasteiger partial charge is 0.748 e. The first-order valence-electron chi connectivity index (χ1n) is 18.3. The van der Waals surface area contributed by atoms with Crippen LogP contribution in [0.3, 0.4) is 0 Å². The Labute approximate surface area is 363 Å². The van der Waals surface area contributed by atoms with Gasteiger partial charge in [0.1, 0.15) is 28.7 Å². The fraction of sp³-hybridized carbons (Fsp3) is 0.111. The third-order valence-electron chi connectivity index (χ3n) is 8.37. The van der Waals surface area contributed by atoms with Crippen molar-refractivity contribution in [2.75, 3.05) is 35.5 Å². The molecule has 0 fully saturated rings. The molecule has 16 heteroatoms. The van der Waals surface area contributed by atoms with Crippen molar-refractivity contribution < 1.29 is 40.8 Å². The second kappa shape index (κ2) is 23.0. The van der Waals surface area contributed by atoms with Crippen LogP contribution >= 0.6 is 0 Å². The van der Waals surface area contributed by atoms with E-state index in [2.05, 4.69) is 51.1 Å². The van der Waals surface area contributed by atoms with Crippen LogP contribution in [-0.2, 0) is 17.1 Å². The van der Waals surface area contributed by atoms with Gasteiger partial charge >= 0.3 is 0 Å². The predicted molar refractivity (Wildman–Crippen MR) is 230 cm³/mol. The van der Waals surface area contributed by atoms with Crippen LogP contribution in [0.5, 0.6) is 28.7 Å². The predicted octanol–water partition coefficient (Wildman–Crippen LogP) is 14.9. The molecule has 7 aromatic rings. The van der Waals surface area contributed by atoms with Gasteiger partial charge in [0.15, 0.2) is 0 Å². The van der Waals surface area contributed by atoms with Crippen LogP contribution in [-0.4, -0.2) is 35.5 Å². The number of rotatable bonds is 15. The minimum absolute atomic E-state index is 0. The Kier molecular flexibility index (Phi) is 16.8. The van der Waals surface area contributed by atoms with E-state index in [-0.39, 0.29) is 45.5 Å². The van der Waals surface area contributed by atoms with E-state index in [1.807, 2.05) is 30.3 Å². The molecule has 0 unspecified atom stereocenters. The Bertz CT molecular complexity index is 2120. The number of methoxy groups -OCH3 is 5. The van der Waals surface area contributed by atoms with E-state index in [4.69, 9.17) is 23.7 Å². The summed E-state index contributed by atoms with van der Waals surface area (Å²) in [6.07, 6.45) is 0. The van der Waals surface area contributed by atoms with Gasteiger partial charge < -0.3 is 54.0 Å². The second-order valence-electron chi connectivity index (χ2n) is 12.2. The summed E-state index contributed by atoms with van der Waals surface area (Å²) < 4.78 is 26.6. The van der Waals surface area contributed by atoms with Crippen molar-refractivity contribution in [3.05, 3.63) is 152 Å². The molecular weight excluding hydrogens is 816 g/mol. The Morgan fingerprint density at radius 3 is 0.787 bits per heavy atom. The van der Waals surface area contributed by atoms with E-state index in [0.717, 1.165) is 0 Å². The van der Waals surface area contributed by atoms with Crippen molar-refractivity contribution in [2.45, 2.75) is 0 Å². The van der Waals surface area contributed by atoms with Gasteiger partial charge in [0.05, 0.1) is 64.0 Å². The minimum Gasteiger partial charge on any atom is -0.748 e. The SMILES string of the molecule is COc1ccc(N=Nc2c(N=Nc3ccc(OC)cc3)c(N=Nc3ccc(OC)cc3)[c-](N=Nc3ccc(OC)cc3)c2N=Nc2ccc(OC)cc2)cc1.[Fe].[cH-]1[cH-][cH-][cH-][cH-]1. The van der Waals surface area contributed by atoms with Gasteiger partial charge in [0.2, 0.25) is 0 Å². The summed E-state index contributed by atoms with van der Waals surface area (Å²) >= 11 is 0. The van der Waals surface area contributed by atoms with Crippen LogP contribution in [0.15, 0.2) is 203 Å². The standard InChI is InChI=1S/C40H35N10O5.C5H5.Fe/c1-51-31-16-6-26(7-17-31)41-46-36-37(47-42-27-8-18-32(52-2)19-9-27)39(49-44-29-12-22-34(54-4)23-13-29)40(50-45-30-14-24-35(55-5)25-15-30)38(36)48-43-28-10-20-33(53-3)21-11-28;1-2-4-5-3-1;/h6-25H,1-5H3;1-5H;/q-1;-5;. The molecule has 314 valence electrons. The molecule has 0 aliphatic heterocycles. The average Bonchev–Trinajstić information content (AvgIpc) is 3.99. The number of hydrogen-bond acceptors (Lipinski definition) is 15. The quantitative estimate of drug-likeness (QED) is 0.0567. The van der Waals surface area contributed by atoms with Crippen LogP contribution in [0.2, 0.25) is 0 Å². The summed E-state index contributed by atoms with van der Waals surface area (Å²) in [5.41, 5.74) is 3.47. The van der Waals surface area contributed by atoms with Crippen LogP contribution in [0.4, 0.5) is 56.9 Å². The van der Waals surface area contributed by atoms with E-state index in [1.54, 1.807) is 157 Å². The molecule has 0 aliphatic rings. The normalized spacial score (nSPS) is 11.2. The molecule has 0 saturated carbocycles. The molecule has 0 saturated heterocycles. The van der Waals surface area contributed by atoms with Crippen LogP contribution in [0.25, 0.3) is 0 Å². The minimum atomic E-state index is 0. The van der Waals surface area contributed by atoms with Gasteiger partial charge in [-0.1, -0.05) is 0 Å². The van der Waals surface area contributed by atoms with Crippen molar-refractivity contribution in [1.29, 1.82) is 0 Å². The van der Waals surface area contributed by atoms with Gasteiger partial charge in [-0.15, -0.1) is 0 Å². The van der Waals surface area contributed by atoms with Gasteiger partial charge in [-0.25, -0.2) is 15.3 Å².